The predicted molar refractivity (Wildman–Crippen MR) is 77.7 cm³/mol. The van der Waals surface area contributed by atoms with E-state index in [1.54, 1.807) is 0 Å². The number of rotatable bonds is 2. The lowest BCUT2D eigenvalue weighted by Gasteiger charge is -2.33. The van der Waals surface area contributed by atoms with Crippen LogP contribution in [0.4, 0.5) is 10.1 Å². The molecule has 5 heteroatoms. The summed E-state index contributed by atoms with van der Waals surface area (Å²) in [6.45, 7) is 2.31. The number of halogens is 3. The fourth-order valence-corrected chi connectivity index (χ4v) is 3.85. The Bertz CT molecular complexity index is 458. The van der Waals surface area contributed by atoms with E-state index in [0.29, 0.717) is 27.8 Å². The first-order valence-corrected chi connectivity index (χ1v) is 7.56. The maximum absolute atomic E-state index is 13.2. The minimum absolute atomic E-state index is 0.360. The van der Waals surface area contributed by atoms with Crippen molar-refractivity contribution in [3.8, 4) is 0 Å². The van der Waals surface area contributed by atoms with Crippen LogP contribution in [0.1, 0.15) is 25.7 Å². The molecule has 3 rings (SSSR count). The Morgan fingerprint density at radius 3 is 2.58 bits per heavy atom. The second-order valence-electron chi connectivity index (χ2n) is 5.38. The molecule has 19 heavy (non-hydrogen) atoms. The van der Waals surface area contributed by atoms with Gasteiger partial charge in [0.1, 0.15) is 5.82 Å². The molecule has 0 amide bonds. The predicted octanol–water partition coefficient (Wildman–Crippen LogP) is 4.17. The molecular formula is C14H17Cl2FN2. The monoisotopic (exact) mass is 302 g/mol. The molecule has 0 radical (unpaired) electrons. The number of fused-ring (bicyclic) bond motifs is 1. The van der Waals surface area contributed by atoms with Gasteiger partial charge in [0.2, 0.25) is 0 Å². The summed E-state index contributed by atoms with van der Waals surface area (Å²) in [5.41, 5.74) is 0.669. The van der Waals surface area contributed by atoms with Gasteiger partial charge >= 0.3 is 0 Å². The maximum atomic E-state index is 13.2. The van der Waals surface area contributed by atoms with E-state index >= 15 is 0 Å². The Hall–Kier alpha value is -0.510. The van der Waals surface area contributed by atoms with Gasteiger partial charge < -0.3 is 5.32 Å². The van der Waals surface area contributed by atoms with Crippen molar-refractivity contribution in [3.63, 3.8) is 0 Å². The molecule has 0 aromatic heterocycles. The molecule has 0 bridgehead atoms. The summed E-state index contributed by atoms with van der Waals surface area (Å²) in [6.07, 6.45) is 4.88. The largest absolute Gasteiger partial charge is 0.378 e. The van der Waals surface area contributed by atoms with Crippen LogP contribution in [0.3, 0.4) is 0 Å². The molecule has 1 aromatic rings. The van der Waals surface area contributed by atoms with Crippen LogP contribution in [0.25, 0.3) is 0 Å². The van der Waals surface area contributed by atoms with Crippen molar-refractivity contribution in [1.29, 1.82) is 0 Å². The number of nitrogens with one attached hydrogen (secondary N) is 1. The van der Waals surface area contributed by atoms with Crippen molar-refractivity contribution in [2.75, 3.05) is 18.4 Å². The topological polar surface area (TPSA) is 15.3 Å². The van der Waals surface area contributed by atoms with Gasteiger partial charge in [0, 0.05) is 18.6 Å². The Labute approximate surface area is 122 Å². The van der Waals surface area contributed by atoms with E-state index in [-0.39, 0.29) is 0 Å². The van der Waals surface area contributed by atoms with Gasteiger partial charge in [0.25, 0.3) is 0 Å². The number of anilines is 1. The standard InChI is InChI=1S/C14H17Cl2FN2/c15-10-7-9(17)8-11(16)14(10)18-12-4-6-19-5-2-1-3-13(12)19/h7-8,12-13,18H,1-6H2. The second-order valence-corrected chi connectivity index (χ2v) is 6.20. The highest BCUT2D eigenvalue weighted by Crippen LogP contribution is 2.35. The van der Waals surface area contributed by atoms with Crippen LogP contribution in [-0.2, 0) is 0 Å². The number of piperidine rings is 1. The summed E-state index contributed by atoms with van der Waals surface area (Å²) in [6, 6.07) is 3.54. The molecule has 2 atom stereocenters. The fourth-order valence-electron chi connectivity index (χ4n) is 3.28. The van der Waals surface area contributed by atoms with Crippen molar-refractivity contribution in [1.82, 2.24) is 4.90 Å². The van der Waals surface area contributed by atoms with Crippen LogP contribution >= 0.6 is 23.2 Å². The van der Waals surface area contributed by atoms with Crippen LogP contribution in [0.2, 0.25) is 10.0 Å². The molecular weight excluding hydrogens is 286 g/mol. The average molecular weight is 303 g/mol. The van der Waals surface area contributed by atoms with E-state index in [0.717, 1.165) is 13.0 Å². The van der Waals surface area contributed by atoms with Gasteiger partial charge in [-0.25, -0.2) is 4.39 Å². The highest BCUT2D eigenvalue weighted by atomic mass is 35.5. The SMILES string of the molecule is Fc1cc(Cl)c(NC2CCN3CCCCC23)c(Cl)c1. The van der Waals surface area contributed by atoms with Crippen LogP contribution in [-0.4, -0.2) is 30.1 Å². The van der Waals surface area contributed by atoms with Crippen LogP contribution < -0.4 is 5.32 Å². The van der Waals surface area contributed by atoms with Gasteiger partial charge in [0.05, 0.1) is 15.7 Å². The van der Waals surface area contributed by atoms with Gasteiger partial charge in [-0.1, -0.05) is 29.6 Å². The third-order valence-electron chi connectivity index (χ3n) is 4.19. The third kappa shape index (κ3) is 2.69. The number of nitrogens with zero attached hydrogens (tertiary/aromatic N) is 1. The number of hydrogen-bond donors (Lipinski definition) is 1. The molecule has 0 spiro atoms. The van der Waals surface area contributed by atoms with E-state index in [1.807, 2.05) is 0 Å². The zero-order chi connectivity index (χ0) is 13.4. The van der Waals surface area contributed by atoms with Crippen molar-refractivity contribution < 1.29 is 4.39 Å². The summed E-state index contributed by atoms with van der Waals surface area (Å²) in [5.74, 6) is -0.397. The smallest absolute Gasteiger partial charge is 0.126 e. The van der Waals surface area contributed by atoms with Crippen molar-refractivity contribution in [3.05, 3.63) is 28.0 Å². The molecule has 2 unspecified atom stereocenters. The summed E-state index contributed by atoms with van der Waals surface area (Å²) < 4.78 is 13.2. The molecule has 0 aliphatic carbocycles. The van der Waals surface area contributed by atoms with Crippen LogP contribution in [0, 0.1) is 5.82 Å². The van der Waals surface area contributed by atoms with E-state index in [9.17, 15) is 4.39 Å². The van der Waals surface area contributed by atoms with E-state index in [2.05, 4.69) is 10.2 Å². The first-order valence-electron chi connectivity index (χ1n) is 6.80. The zero-order valence-corrected chi connectivity index (χ0v) is 12.1. The molecule has 2 saturated heterocycles. The van der Waals surface area contributed by atoms with Gasteiger partial charge in [-0.05, 0) is 37.9 Å². The Morgan fingerprint density at radius 1 is 1.11 bits per heavy atom. The van der Waals surface area contributed by atoms with E-state index in [1.165, 1.54) is 37.9 Å². The minimum atomic E-state index is -0.397. The number of benzene rings is 1. The normalized spacial score (nSPS) is 27.3. The summed E-state index contributed by atoms with van der Waals surface area (Å²) in [4.78, 5) is 2.53. The first-order chi connectivity index (χ1) is 9.15. The Balaban J connectivity index is 1.78. The van der Waals surface area contributed by atoms with E-state index in [4.69, 9.17) is 23.2 Å². The first kappa shape index (κ1) is 13.5. The van der Waals surface area contributed by atoms with Crippen LogP contribution in [0.15, 0.2) is 12.1 Å². The zero-order valence-electron chi connectivity index (χ0n) is 10.6. The van der Waals surface area contributed by atoms with Crippen molar-refractivity contribution in [2.24, 2.45) is 0 Å². The molecule has 0 saturated carbocycles. The van der Waals surface area contributed by atoms with E-state index < -0.39 is 5.82 Å². The quantitative estimate of drug-likeness (QED) is 0.882. The summed E-state index contributed by atoms with van der Waals surface area (Å²) in [5, 5.41) is 4.15. The molecule has 2 aliphatic heterocycles. The third-order valence-corrected chi connectivity index (χ3v) is 4.79. The average Bonchev–Trinajstić information content (AvgIpc) is 2.77. The molecule has 2 fully saturated rings. The molecule has 2 nitrogen and oxygen atoms in total. The Morgan fingerprint density at radius 2 is 1.84 bits per heavy atom. The van der Waals surface area contributed by atoms with Crippen LogP contribution in [0.5, 0.6) is 0 Å². The molecule has 2 aliphatic rings. The van der Waals surface area contributed by atoms with Gasteiger partial charge in [-0.2, -0.15) is 0 Å². The lowest BCUT2D eigenvalue weighted by molar-refractivity contribution is 0.193. The summed E-state index contributed by atoms with van der Waals surface area (Å²) >= 11 is 12.2. The number of hydrogen-bond acceptors (Lipinski definition) is 2. The minimum Gasteiger partial charge on any atom is -0.378 e. The highest BCUT2D eigenvalue weighted by molar-refractivity contribution is 6.39. The maximum Gasteiger partial charge on any atom is 0.126 e. The van der Waals surface area contributed by atoms with Crippen molar-refractivity contribution >= 4 is 28.9 Å². The molecule has 1 aromatic carbocycles. The van der Waals surface area contributed by atoms with Crippen molar-refractivity contribution in [2.45, 2.75) is 37.8 Å². The highest BCUT2D eigenvalue weighted by Gasteiger charge is 2.35. The molecule has 104 valence electrons. The Kier molecular flexibility index (Phi) is 3.88. The fraction of sp³-hybridized carbons (Fsp3) is 0.571. The van der Waals surface area contributed by atoms with Gasteiger partial charge in [0.15, 0.2) is 0 Å². The van der Waals surface area contributed by atoms with Gasteiger partial charge in [-0.15, -0.1) is 0 Å². The van der Waals surface area contributed by atoms with Gasteiger partial charge in [-0.3, -0.25) is 4.90 Å². The molecule has 1 N–H and O–H groups in total. The lowest BCUT2D eigenvalue weighted by Crippen LogP contribution is -2.41. The molecule has 2 heterocycles. The lowest BCUT2D eigenvalue weighted by atomic mass is 9.99. The summed E-state index contributed by atoms with van der Waals surface area (Å²) in [7, 11) is 0. The second kappa shape index (κ2) is 5.47.